The highest BCUT2D eigenvalue weighted by atomic mass is 16.3. The fraction of sp³-hybridized carbons (Fsp3) is 1.00. The minimum atomic E-state index is -0.105. The monoisotopic (exact) mass is 172 g/mol. The van der Waals surface area contributed by atoms with Crippen molar-refractivity contribution in [2.75, 3.05) is 0 Å². The van der Waals surface area contributed by atoms with E-state index in [1.54, 1.807) is 0 Å². The number of nitrogens with one attached hydrogen (secondary N) is 1. The number of hydrogen-bond donors (Lipinski definition) is 1. The molecule has 1 atom stereocenters. The number of rotatable bonds is 5. The van der Waals surface area contributed by atoms with Gasteiger partial charge in [0.25, 0.3) is 0 Å². The zero-order valence-electron chi connectivity index (χ0n) is 8.72. The summed E-state index contributed by atoms with van der Waals surface area (Å²) >= 11 is 0. The van der Waals surface area contributed by atoms with Crippen LogP contribution in [0.2, 0.25) is 0 Å². The largest absolute Gasteiger partial charge is 0.310 e. The first-order valence-electron chi connectivity index (χ1n) is 4.47. The number of nitrogens with zero attached hydrogens (tertiary/aromatic N) is 1. The minimum absolute atomic E-state index is 0.00148. The molecular formula is C9H20N2O. The van der Waals surface area contributed by atoms with E-state index in [-0.39, 0.29) is 11.6 Å². The van der Waals surface area contributed by atoms with Crippen LogP contribution in [0.15, 0.2) is 5.18 Å². The average molecular weight is 172 g/mol. The van der Waals surface area contributed by atoms with Gasteiger partial charge in [-0.05, 0) is 27.2 Å². The highest BCUT2D eigenvalue weighted by Crippen LogP contribution is 2.13. The smallest absolute Gasteiger partial charge is 0.0909 e. The van der Waals surface area contributed by atoms with Gasteiger partial charge in [-0.3, -0.25) is 0 Å². The summed E-state index contributed by atoms with van der Waals surface area (Å²) in [5.41, 5.74) is 0.00148. The van der Waals surface area contributed by atoms with Crippen LogP contribution in [0.25, 0.3) is 0 Å². The second-order valence-electron chi connectivity index (χ2n) is 4.34. The first kappa shape index (κ1) is 11.6. The Morgan fingerprint density at radius 2 is 1.83 bits per heavy atom. The Morgan fingerprint density at radius 1 is 1.33 bits per heavy atom. The van der Waals surface area contributed by atoms with Crippen molar-refractivity contribution >= 4 is 0 Å². The van der Waals surface area contributed by atoms with E-state index in [9.17, 15) is 4.91 Å². The highest BCUT2D eigenvalue weighted by Gasteiger charge is 2.21. The maximum Gasteiger partial charge on any atom is 0.0909 e. The second-order valence-corrected chi connectivity index (χ2v) is 4.34. The Labute approximate surface area is 74.9 Å². The van der Waals surface area contributed by atoms with Crippen LogP contribution in [0.1, 0.15) is 41.0 Å². The van der Waals surface area contributed by atoms with Crippen molar-refractivity contribution < 1.29 is 0 Å². The molecule has 0 saturated heterocycles. The third-order valence-electron chi connectivity index (χ3n) is 1.67. The summed E-state index contributed by atoms with van der Waals surface area (Å²) in [6.07, 6.45) is 0.786. The van der Waals surface area contributed by atoms with Crippen LogP contribution in [-0.4, -0.2) is 17.6 Å². The molecular weight excluding hydrogens is 152 g/mol. The summed E-state index contributed by atoms with van der Waals surface area (Å²) in [4.78, 5) is 10.2. The van der Waals surface area contributed by atoms with Gasteiger partial charge in [0.05, 0.1) is 6.04 Å². The van der Waals surface area contributed by atoms with Crippen molar-refractivity contribution in [2.24, 2.45) is 5.18 Å². The molecule has 0 fully saturated rings. The summed E-state index contributed by atoms with van der Waals surface area (Å²) in [6.45, 7) is 10.2. The van der Waals surface area contributed by atoms with E-state index >= 15 is 0 Å². The Bertz CT molecular complexity index is 143. The van der Waals surface area contributed by atoms with Gasteiger partial charge >= 0.3 is 0 Å². The molecule has 1 unspecified atom stereocenters. The molecule has 72 valence electrons. The molecule has 0 radical (unpaired) electrons. The van der Waals surface area contributed by atoms with Gasteiger partial charge < -0.3 is 5.32 Å². The van der Waals surface area contributed by atoms with Crippen LogP contribution in [0, 0.1) is 4.91 Å². The first-order chi connectivity index (χ1) is 5.37. The normalized spacial score (nSPS) is 14.8. The molecule has 0 rings (SSSR count). The van der Waals surface area contributed by atoms with Gasteiger partial charge in [0.1, 0.15) is 0 Å². The lowest BCUT2D eigenvalue weighted by atomic mass is 9.95. The van der Waals surface area contributed by atoms with Crippen molar-refractivity contribution in [1.29, 1.82) is 0 Å². The quantitative estimate of drug-likeness (QED) is 0.646. The maximum atomic E-state index is 10.2. The Kier molecular flexibility index (Phi) is 4.39. The standard InChI is InChI=1S/C9H20N2O/c1-7(2)10-9(4,5)6-8(3)11-12/h7-8,10H,6H2,1-5H3. The molecule has 0 aromatic heterocycles. The van der Waals surface area contributed by atoms with Gasteiger partial charge in [-0.25, -0.2) is 0 Å². The molecule has 0 aliphatic rings. The van der Waals surface area contributed by atoms with Gasteiger partial charge in [-0.2, -0.15) is 4.91 Å². The minimum Gasteiger partial charge on any atom is -0.310 e. The van der Waals surface area contributed by atoms with E-state index in [0.717, 1.165) is 6.42 Å². The van der Waals surface area contributed by atoms with Gasteiger partial charge in [0.2, 0.25) is 0 Å². The predicted molar refractivity (Wildman–Crippen MR) is 52.2 cm³/mol. The zero-order valence-corrected chi connectivity index (χ0v) is 8.72. The van der Waals surface area contributed by atoms with E-state index in [4.69, 9.17) is 0 Å². The number of nitroso groups, excluding NO2 is 1. The summed E-state index contributed by atoms with van der Waals surface area (Å²) in [5.74, 6) is 0. The fourth-order valence-corrected chi connectivity index (χ4v) is 1.62. The predicted octanol–water partition coefficient (Wildman–Crippen LogP) is 2.31. The van der Waals surface area contributed by atoms with Gasteiger partial charge in [-0.15, -0.1) is 0 Å². The van der Waals surface area contributed by atoms with E-state index in [0.29, 0.717) is 6.04 Å². The molecule has 3 nitrogen and oxygen atoms in total. The molecule has 0 saturated carbocycles. The molecule has 3 heteroatoms. The van der Waals surface area contributed by atoms with Crippen molar-refractivity contribution in [3.63, 3.8) is 0 Å². The van der Waals surface area contributed by atoms with Crippen LogP contribution < -0.4 is 5.32 Å². The van der Waals surface area contributed by atoms with Crippen molar-refractivity contribution in [3.05, 3.63) is 4.91 Å². The van der Waals surface area contributed by atoms with Crippen molar-refractivity contribution in [1.82, 2.24) is 5.32 Å². The van der Waals surface area contributed by atoms with Gasteiger partial charge in [0, 0.05) is 11.6 Å². The molecule has 0 aromatic carbocycles. The summed E-state index contributed by atoms with van der Waals surface area (Å²) < 4.78 is 0. The summed E-state index contributed by atoms with van der Waals surface area (Å²) in [6, 6.07) is 0.338. The van der Waals surface area contributed by atoms with Crippen LogP contribution in [0.4, 0.5) is 0 Å². The van der Waals surface area contributed by atoms with Crippen LogP contribution >= 0.6 is 0 Å². The van der Waals surface area contributed by atoms with Crippen LogP contribution in [0.5, 0.6) is 0 Å². The molecule has 0 aromatic rings. The fourth-order valence-electron chi connectivity index (χ4n) is 1.62. The molecule has 0 amide bonds. The molecule has 0 heterocycles. The molecule has 1 N–H and O–H groups in total. The van der Waals surface area contributed by atoms with E-state index in [1.807, 2.05) is 6.92 Å². The maximum absolute atomic E-state index is 10.2. The van der Waals surface area contributed by atoms with Crippen molar-refractivity contribution in [2.45, 2.75) is 58.7 Å². The third kappa shape index (κ3) is 5.24. The van der Waals surface area contributed by atoms with Crippen LogP contribution in [-0.2, 0) is 0 Å². The van der Waals surface area contributed by atoms with E-state index in [2.05, 4.69) is 38.2 Å². The summed E-state index contributed by atoms with van der Waals surface area (Å²) in [7, 11) is 0. The van der Waals surface area contributed by atoms with Gasteiger partial charge in [0.15, 0.2) is 0 Å². The Morgan fingerprint density at radius 3 is 2.17 bits per heavy atom. The molecule has 0 aliphatic carbocycles. The highest BCUT2D eigenvalue weighted by molar-refractivity contribution is 4.83. The Balaban J connectivity index is 3.93. The van der Waals surface area contributed by atoms with E-state index < -0.39 is 0 Å². The average Bonchev–Trinajstić information content (AvgIpc) is 1.83. The SMILES string of the molecule is CC(CC(C)(C)NC(C)C)N=O. The zero-order chi connectivity index (χ0) is 9.78. The lowest BCUT2D eigenvalue weighted by Crippen LogP contribution is -2.45. The Hall–Kier alpha value is -0.440. The lowest BCUT2D eigenvalue weighted by Gasteiger charge is -2.29. The number of hydrogen-bond acceptors (Lipinski definition) is 3. The summed E-state index contributed by atoms with van der Waals surface area (Å²) in [5, 5.41) is 6.38. The molecule has 0 spiro atoms. The lowest BCUT2D eigenvalue weighted by molar-refractivity contribution is 0.315. The third-order valence-corrected chi connectivity index (χ3v) is 1.67. The van der Waals surface area contributed by atoms with Crippen molar-refractivity contribution in [3.8, 4) is 0 Å². The molecule has 0 aliphatic heterocycles. The van der Waals surface area contributed by atoms with Gasteiger partial charge in [-0.1, -0.05) is 19.0 Å². The topological polar surface area (TPSA) is 41.5 Å². The van der Waals surface area contributed by atoms with Crippen LogP contribution in [0.3, 0.4) is 0 Å². The molecule has 0 bridgehead atoms. The van der Waals surface area contributed by atoms with E-state index in [1.165, 1.54) is 0 Å². The second kappa shape index (κ2) is 4.55. The molecule has 12 heavy (non-hydrogen) atoms. The first-order valence-corrected chi connectivity index (χ1v) is 4.47.